The standard InChI is InChI=1S/C24H30FN3O/c1-4-28(5-2)20(13-18-9-7-6-8-10-18)16-26-24(29)15-21-17(3)27-23-12-11-19(25)14-22(21)23/h6-12,14,20,27H,4-5,13,15-16H2,1-3H3,(H,26,29). The summed E-state index contributed by atoms with van der Waals surface area (Å²) in [6.45, 7) is 8.68. The first-order chi connectivity index (χ1) is 14.0. The Balaban J connectivity index is 1.68. The second-order valence-corrected chi connectivity index (χ2v) is 7.46. The molecule has 1 unspecified atom stereocenters. The van der Waals surface area contributed by atoms with Crippen LogP contribution in [0.1, 0.15) is 30.7 Å². The summed E-state index contributed by atoms with van der Waals surface area (Å²) in [6.07, 6.45) is 1.13. The van der Waals surface area contributed by atoms with Gasteiger partial charge in [0.1, 0.15) is 5.82 Å². The zero-order valence-electron chi connectivity index (χ0n) is 17.5. The second kappa shape index (κ2) is 9.70. The average molecular weight is 396 g/mol. The molecule has 0 bridgehead atoms. The quantitative estimate of drug-likeness (QED) is 0.570. The second-order valence-electron chi connectivity index (χ2n) is 7.46. The minimum absolute atomic E-state index is 0.0384. The molecule has 0 aliphatic rings. The Morgan fingerprint density at radius 3 is 2.55 bits per heavy atom. The molecule has 2 N–H and O–H groups in total. The largest absolute Gasteiger partial charge is 0.358 e. The van der Waals surface area contributed by atoms with E-state index >= 15 is 0 Å². The Bertz CT molecular complexity index is 947. The van der Waals surface area contributed by atoms with Gasteiger partial charge >= 0.3 is 0 Å². The lowest BCUT2D eigenvalue weighted by atomic mass is 10.0. The molecule has 0 saturated heterocycles. The monoisotopic (exact) mass is 395 g/mol. The Morgan fingerprint density at radius 1 is 1.14 bits per heavy atom. The van der Waals surface area contributed by atoms with Crippen molar-refractivity contribution in [3.8, 4) is 0 Å². The van der Waals surface area contributed by atoms with Gasteiger partial charge in [-0.05, 0) is 55.8 Å². The van der Waals surface area contributed by atoms with Crippen molar-refractivity contribution in [3.63, 3.8) is 0 Å². The van der Waals surface area contributed by atoms with Crippen LogP contribution in [0.4, 0.5) is 4.39 Å². The van der Waals surface area contributed by atoms with Gasteiger partial charge in [-0.15, -0.1) is 0 Å². The Kier molecular flexibility index (Phi) is 7.04. The van der Waals surface area contributed by atoms with E-state index in [9.17, 15) is 9.18 Å². The van der Waals surface area contributed by atoms with Crippen LogP contribution >= 0.6 is 0 Å². The lowest BCUT2D eigenvalue weighted by Crippen LogP contribution is -2.45. The number of nitrogens with one attached hydrogen (secondary N) is 2. The van der Waals surface area contributed by atoms with E-state index in [1.165, 1.54) is 17.7 Å². The maximum absolute atomic E-state index is 13.7. The predicted octanol–water partition coefficient (Wildman–Crippen LogP) is 4.23. The molecule has 0 aliphatic heterocycles. The SMILES string of the molecule is CCN(CC)C(CNC(=O)Cc1c(C)[nH]c2ccc(F)cc12)Cc1ccccc1. The Hall–Kier alpha value is -2.66. The fraction of sp³-hybridized carbons (Fsp3) is 0.375. The number of carbonyl (C=O) groups excluding carboxylic acids is 1. The van der Waals surface area contributed by atoms with Crippen LogP contribution in [0.5, 0.6) is 0 Å². The van der Waals surface area contributed by atoms with Crippen molar-refractivity contribution in [1.82, 2.24) is 15.2 Å². The Morgan fingerprint density at radius 2 is 1.86 bits per heavy atom. The number of hydrogen-bond acceptors (Lipinski definition) is 2. The first kappa shape index (κ1) is 21.1. The maximum atomic E-state index is 13.7. The minimum atomic E-state index is -0.289. The van der Waals surface area contributed by atoms with Gasteiger partial charge < -0.3 is 10.3 Å². The highest BCUT2D eigenvalue weighted by atomic mass is 19.1. The molecule has 29 heavy (non-hydrogen) atoms. The number of halogens is 1. The van der Waals surface area contributed by atoms with Crippen LogP contribution in [0, 0.1) is 12.7 Å². The van der Waals surface area contributed by atoms with E-state index in [0.717, 1.165) is 41.7 Å². The summed E-state index contributed by atoms with van der Waals surface area (Å²) in [5, 5.41) is 3.89. The van der Waals surface area contributed by atoms with Crippen LogP contribution in [0.3, 0.4) is 0 Å². The highest BCUT2D eigenvalue weighted by Gasteiger charge is 2.19. The lowest BCUT2D eigenvalue weighted by molar-refractivity contribution is -0.120. The summed E-state index contributed by atoms with van der Waals surface area (Å²) in [7, 11) is 0. The average Bonchev–Trinajstić information content (AvgIpc) is 3.02. The molecule has 5 heteroatoms. The fourth-order valence-corrected chi connectivity index (χ4v) is 3.99. The van der Waals surface area contributed by atoms with Gasteiger partial charge in [0.05, 0.1) is 6.42 Å². The lowest BCUT2D eigenvalue weighted by Gasteiger charge is -2.30. The first-order valence-corrected chi connectivity index (χ1v) is 10.3. The number of rotatable bonds is 9. The molecule has 1 aromatic heterocycles. The van der Waals surface area contributed by atoms with Gasteiger partial charge in [0.25, 0.3) is 0 Å². The van der Waals surface area contributed by atoms with Gasteiger partial charge in [0, 0.05) is 29.2 Å². The third kappa shape index (κ3) is 5.24. The Labute approximate surface area is 172 Å². The van der Waals surface area contributed by atoms with Crippen LogP contribution in [-0.4, -0.2) is 41.5 Å². The number of aromatic nitrogens is 1. The van der Waals surface area contributed by atoms with Gasteiger partial charge in [0.15, 0.2) is 0 Å². The minimum Gasteiger partial charge on any atom is -0.358 e. The van der Waals surface area contributed by atoms with Crippen molar-refractivity contribution >= 4 is 16.8 Å². The van der Waals surface area contributed by atoms with Crippen molar-refractivity contribution in [3.05, 3.63) is 71.2 Å². The highest BCUT2D eigenvalue weighted by molar-refractivity contribution is 5.90. The molecule has 1 amide bonds. The van der Waals surface area contributed by atoms with Crippen molar-refractivity contribution in [2.45, 2.75) is 39.7 Å². The molecule has 1 heterocycles. The number of fused-ring (bicyclic) bond motifs is 1. The number of hydrogen-bond donors (Lipinski definition) is 2. The molecule has 0 fully saturated rings. The van der Waals surface area contributed by atoms with E-state index in [4.69, 9.17) is 0 Å². The summed E-state index contributed by atoms with van der Waals surface area (Å²) < 4.78 is 13.7. The van der Waals surface area contributed by atoms with Gasteiger partial charge in [-0.2, -0.15) is 0 Å². The molecule has 1 atom stereocenters. The number of likely N-dealkylation sites (N-methyl/N-ethyl adjacent to an activating group) is 1. The van der Waals surface area contributed by atoms with E-state index in [2.05, 4.69) is 41.2 Å². The summed E-state index contributed by atoms with van der Waals surface area (Å²) in [4.78, 5) is 18.3. The molecule has 0 aliphatic carbocycles. The van der Waals surface area contributed by atoms with Gasteiger partial charge in [-0.3, -0.25) is 9.69 Å². The summed E-state index contributed by atoms with van der Waals surface area (Å²) in [6, 6.07) is 15.2. The predicted molar refractivity (Wildman–Crippen MR) is 117 cm³/mol. The van der Waals surface area contributed by atoms with E-state index < -0.39 is 0 Å². The third-order valence-corrected chi connectivity index (χ3v) is 5.60. The number of aromatic amines is 1. The molecule has 0 radical (unpaired) electrons. The van der Waals surface area contributed by atoms with Crippen LogP contribution in [0.15, 0.2) is 48.5 Å². The number of benzene rings is 2. The fourth-order valence-electron chi connectivity index (χ4n) is 3.99. The number of H-pyrrole nitrogens is 1. The summed E-state index contributed by atoms with van der Waals surface area (Å²) in [5.74, 6) is -0.328. The van der Waals surface area contributed by atoms with Crippen LogP contribution in [-0.2, 0) is 17.6 Å². The zero-order valence-corrected chi connectivity index (χ0v) is 17.5. The van der Waals surface area contributed by atoms with Crippen LogP contribution in [0.2, 0.25) is 0 Å². The summed E-state index contributed by atoms with van der Waals surface area (Å²) in [5.41, 5.74) is 3.89. The summed E-state index contributed by atoms with van der Waals surface area (Å²) >= 11 is 0. The molecular formula is C24H30FN3O. The van der Waals surface area contributed by atoms with Crippen molar-refractivity contribution in [2.75, 3.05) is 19.6 Å². The molecule has 2 aromatic carbocycles. The van der Waals surface area contributed by atoms with E-state index in [1.807, 2.05) is 25.1 Å². The number of carbonyl (C=O) groups is 1. The molecule has 3 rings (SSSR count). The van der Waals surface area contributed by atoms with Crippen molar-refractivity contribution < 1.29 is 9.18 Å². The van der Waals surface area contributed by atoms with E-state index in [-0.39, 0.29) is 24.2 Å². The molecular weight excluding hydrogens is 365 g/mol. The van der Waals surface area contributed by atoms with E-state index in [0.29, 0.717) is 6.54 Å². The smallest absolute Gasteiger partial charge is 0.224 e. The normalized spacial score (nSPS) is 12.4. The molecule has 4 nitrogen and oxygen atoms in total. The maximum Gasteiger partial charge on any atom is 0.224 e. The topological polar surface area (TPSA) is 48.1 Å². The number of aryl methyl sites for hydroxylation is 1. The van der Waals surface area contributed by atoms with Gasteiger partial charge in [-0.1, -0.05) is 44.2 Å². The third-order valence-electron chi connectivity index (χ3n) is 5.60. The number of amides is 1. The van der Waals surface area contributed by atoms with E-state index in [1.54, 1.807) is 6.07 Å². The molecule has 0 saturated carbocycles. The molecule has 154 valence electrons. The van der Waals surface area contributed by atoms with Crippen LogP contribution in [0.25, 0.3) is 10.9 Å². The van der Waals surface area contributed by atoms with Crippen LogP contribution < -0.4 is 5.32 Å². The van der Waals surface area contributed by atoms with Crippen molar-refractivity contribution in [1.29, 1.82) is 0 Å². The first-order valence-electron chi connectivity index (χ1n) is 10.3. The molecule has 3 aromatic rings. The van der Waals surface area contributed by atoms with Gasteiger partial charge in [-0.25, -0.2) is 4.39 Å². The zero-order chi connectivity index (χ0) is 20.8. The number of nitrogens with zero attached hydrogens (tertiary/aromatic N) is 1. The van der Waals surface area contributed by atoms with Gasteiger partial charge in [0.2, 0.25) is 5.91 Å². The van der Waals surface area contributed by atoms with Crippen molar-refractivity contribution in [2.24, 2.45) is 0 Å². The molecule has 0 spiro atoms. The highest BCUT2D eigenvalue weighted by Crippen LogP contribution is 2.23.